The van der Waals surface area contributed by atoms with Crippen molar-refractivity contribution in [3.05, 3.63) is 58.0 Å². The van der Waals surface area contributed by atoms with Crippen LogP contribution in [0, 0.1) is 27.7 Å². The minimum absolute atomic E-state index is 0.159. The Kier molecular flexibility index (Phi) is 5.44. The van der Waals surface area contributed by atoms with Gasteiger partial charge in [-0.05, 0) is 57.4 Å². The zero-order valence-electron chi connectivity index (χ0n) is 14.7. The molecule has 0 saturated carbocycles. The van der Waals surface area contributed by atoms with E-state index >= 15 is 0 Å². The van der Waals surface area contributed by atoms with Crippen molar-refractivity contribution < 1.29 is 18.7 Å². The molecule has 128 valence electrons. The second-order valence-electron chi connectivity index (χ2n) is 6.04. The van der Waals surface area contributed by atoms with E-state index in [1.807, 2.05) is 39.0 Å². The Morgan fingerprint density at radius 1 is 1.12 bits per heavy atom. The molecule has 1 aromatic heterocycles. The summed E-state index contributed by atoms with van der Waals surface area (Å²) in [7, 11) is 0. The average Bonchev–Trinajstić information content (AvgIpc) is 2.86. The Balaban J connectivity index is 1.89. The first-order valence-electron chi connectivity index (χ1n) is 7.88. The van der Waals surface area contributed by atoms with Gasteiger partial charge in [0.1, 0.15) is 17.1 Å². The number of benzene rings is 1. The van der Waals surface area contributed by atoms with Crippen LogP contribution in [0.3, 0.4) is 0 Å². The number of rotatable bonds is 5. The third kappa shape index (κ3) is 4.25. The molecule has 0 aliphatic carbocycles. The third-order valence-electron chi connectivity index (χ3n) is 4.00. The van der Waals surface area contributed by atoms with E-state index < -0.39 is 5.97 Å². The fourth-order valence-electron chi connectivity index (χ4n) is 2.44. The van der Waals surface area contributed by atoms with E-state index in [0.29, 0.717) is 17.1 Å². The van der Waals surface area contributed by atoms with Crippen LogP contribution in [0.4, 0.5) is 0 Å². The van der Waals surface area contributed by atoms with Crippen LogP contribution in [-0.2, 0) is 9.53 Å². The highest BCUT2D eigenvalue weighted by atomic mass is 16.5. The van der Waals surface area contributed by atoms with Crippen LogP contribution in [0.2, 0.25) is 0 Å². The Hall–Kier alpha value is -2.56. The Bertz CT molecular complexity index is 761. The quantitative estimate of drug-likeness (QED) is 0.852. The van der Waals surface area contributed by atoms with Crippen molar-refractivity contribution in [2.75, 3.05) is 6.61 Å². The number of hydrogen-bond donors (Lipinski definition) is 1. The number of furan rings is 1. The van der Waals surface area contributed by atoms with E-state index in [2.05, 4.69) is 5.32 Å². The fraction of sp³-hybridized carbons (Fsp3) is 0.368. The highest BCUT2D eigenvalue weighted by Crippen LogP contribution is 2.17. The Morgan fingerprint density at radius 3 is 2.42 bits per heavy atom. The summed E-state index contributed by atoms with van der Waals surface area (Å²) in [4.78, 5) is 24.0. The lowest BCUT2D eigenvalue weighted by Gasteiger charge is -2.15. The van der Waals surface area contributed by atoms with Gasteiger partial charge < -0.3 is 14.5 Å². The number of amides is 1. The second-order valence-corrected chi connectivity index (χ2v) is 6.04. The third-order valence-corrected chi connectivity index (χ3v) is 4.00. The summed E-state index contributed by atoms with van der Waals surface area (Å²) >= 11 is 0. The number of aryl methyl sites for hydroxylation is 4. The monoisotopic (exact) mass is 329 g/mol. The molecular weight excluding hydrogens is 306 g/mol. The van der Waals surface area contributed by atoms with Crippen molar-refractivity contribution in [1.29, 1.82) is 0 Å². The number of hydrogen-bond acceptors (Lipinski definition) is 4. The number of carbonyl (C=O) groups is 2. The number of nitrogens with one attached hydrogen (secondary N) is 1. The summed E-state index contributed by atoms with van der Waals surface area (Å²) in [6.45, 7) is 9.09. The molecule has 24 heavy (non-hydrogen) atoms. The first kappa shape index (κ1) is 17.8. The lowest BCUT2D eigenvalue weighted by Crippen LogP contribution is -2.31. The average molecular weight is 329 g/mol. The highest BCUT2D eigenvalue weighted by Gasteiger charge is 2.17. The second kappa shape index (κ2) is 7.34. The van der Waals surface area contributed by atoms with Crippen LogP contribution in [0.5, 0.6) is 0 Å². The molecule has 5 nitrogen and oxygen atoms in total. The summed E-state index contributed by atoms with van der Waals surface area (Å²) in [6.07, 6.45) is 0. The van der Waals surface area contributed by atoms with Crippen LogP contribution in [0.25, 0.3) is 0 Å². The summed E-state index contributed by atoms with van der Waals surface area (Å²) in [5.41, 5.74) is 3.74. The molecule has 0 spiro atoms. The predicted molar refractivity (Wildman–Crippen MR) is 90.9 cm³/mol. The van der Waals surface area contributed by atoms with Crippen LogP contribution < -0.4 is 5.32 Å². The topological polar surface area (TPSA) is 68.5 Å². The van der Waals surface area contributed by atoms with Crippen molar-refractivity contribution in [2.45, 2.75) is 40.7 Å². The van der Waals surface area contributed by atoms with E-state index in [9.17, 15) is 9.59 Å². The molecule has 1 amide bonds. The van der Waals surface area contributed by atoms with Crippen LogP contribution in [0.15, 0.2) is 28.7 Å². The fourth-order valence-corrected chi connectivity index (χ4v) is 2.44. The zero-order valence-corrected chi connectivity index (χ0v) is 14.7. The maximum absolute atomic E-state index is 12.0. The largest absolute Gasteiger partial charge is 0.466 e. The minimum Gasteiger partial charge on any atom is -0.466 e. The summed E-state index contributed by atoms with van der Waals surface area (Å²) in [5, 5.41) is 2.83. The molecule has 1 heterocycles. The van der Waals surface area contributed by atoms with Gasteiger partial charge in [0.2, 0.25) is 0 Å². The van der Waals surface area contributed by atoms with Crippen molar-refractivity contribution in [3.63, 3.8) is 0 Å². The standard InChI is InChI=1S/C19H23NO4/c1-11-6-7-16(8-12(11)2)14(4)20-18(21)10-23-19(22)17-9-13(3)24-15(17)5/h6-9,14H,10H2,1-5H3,(H,20,21)/t14-/m1/s1. The van der Waals surface area contributed by atoms with Gasteiger partial charge in [-0.3, -0.25) is 4.79 Å². The molecule has 0 unspecified atom stereocenters. The summed E-state index contributed by atoms with van der Waals surface area (Å²) in [6, 6.07) is 7.50. The number of carbonyl (C=O) groups excluding carboxylic acids is 2. The Labute approximate surface area is 142 Å². The van der Waals surface area contributed by atoms with Gasteiger partial charge in [-0.1, -0.05) is 18.2 Å². The van der Waals surface area contributed by atoms with E-state index in [1.165, 1.54) is 11.1 Å². The van der Waals surface area contributed by atoms with Crippen LogP contribution in [0.1, 0.15) is 51.5 Å². The first-order valence-corrected chi connectivity index (χ1v) is 7.88. The smallest absolute Gasteiger partial charge is 0.342 e. The summed E-state index contributed by atoms with van der Waals surface area (Å²) in [5.74, 6) is 0.221. The molecule has 1 aromatic carbocycles. The molecule has 5 heteroatoms. The lowest BCUT2D eigenvalue weighted by molar-refractivity contribution is -0.124. The Morgan fingerprint density at radius 2 is 1.83 bits per heavy atom. The van der Waals surface area contributed by atoms with Gasteiger partial charge in [-0.2, -0.15) is 0 Å². The lowest BCUT2D eigenvalue weighted by atomic mass is 10.0. The molecule has 2 rings (SSSR count). The maximum atomic E-state index is 12.0. The minimum atomic E-state index is -0.557. The van der Waals surface area contributed by atoms with Gasteiger partial charge in [0.15, 0.2) is 6.61 Å². The van der Waals surface area contributed by atoms with Crippen molar-refractivity contribution >= 4 is 11.9 Å². The molecule has 1 N–H and O–H groups in total. The molecule has 0 saturated heterocycles. The van der Waals surface area contributed by atoms with Gasteiger partial charge in [-0.25, -0.2) is 4.79 Å². The van der Waals surface area contributed by atoms with Gasteiger partial charge in [-0.15, -0.1) is 0 Å². The number of esters is 1. The van der Waals surface area contributed by atoms with Gasteiger partial charge >= 0.3 is 5.97 Å². The highest BCUT2D eigenvalue weighted by molar-refractivity contribution is 5.92. The van der Waals surface area contributed by atoms with Crippen molar-refractivity contribution in [3.8, 4) is 0 Å². The molecule has 0 aliphatic heterocycles. The predicted octanol–water partition coefficient (Wildman–Crippen LogP) is 3.55. The zero-order chi connectivity index (χ0) is 17.9. The van der Waals surface area contributed by atoms with Crippen molar-refractivity contribution in [1.82, 2.24) is 5.32 Å². The van der Waals surface area contributed by atoms with E-state index in [0.717, 1.165) is 5.56 Å². The number of ether oxygens (including phenoxy) is 1. The van der Waals surface area contributed by atoms with Gasteiger partial charge in [0, 0.05) is 0 Å². The molecule has 0 fully saturated rings. The molecule has 2 aromatic rings. The molecular formula is C19H23NO4. The van der Waals surface area contributed by atoms with E-state index in [1.54, 1.807) is 19.9 Å². The van der Waals surface area contributed by atoms with Crippen LogP contribution >= 0.6 is 0 Å². The van der Waals surface area contributed by atoms with Gasteiger partial charge in [0.25, 0.3) is 5.91 Å². The summed E-state index contributed by atoms with van der Waals surface area (Å²) < 4.78 is 10.3. The molecule has 1 atom stereocenters. The van der Waals surface area contributed by atoms with E-state index in [-0.39, 0.29) is 18.6 Å². The van der Waals surface area contributed by atoms with Crippen LogP contribution in [-0.4, -0.2) is 18.5 Å². The van der Waals surface area contributed by atoms with Gasteiger partial charge in [0.05, 0.1) is 6.04 Å². The van der Waals surface area contributed by atoms with Crippen molar-refractivity contribution in [2.24, 2.45) is 0 Å². The molecule has 0 radical (unpaired) electrons. The maximum Gasteiger partial charge on any atom is 0.342 e. The SMILES string of the molecule is Cc1cc(C(=O)OCC(=O)N[C@H](C)c2ccc(C)c(C)c2)c(C)o1. The molecule has 0 bridgehead atoms. The molecule has 0 aliphatic rings. The normalized spacial score (nSPS) is 11.9. The first-order chi connectivity index (χ1) is 11.3. The van der Waals surface area contributed by atoms with E-state index in [4.69, 9.17) is 9.15 Å².